The fourth-order valence-electron chi connectivity index (χ4n) is 6.51. The number of ether oxygens (including phenoxy) is 2. The molecule has 1 N–H and O–H groups in total. The molecule has 0 bridgehead atoms. The average Bonchev–Trinajstić information content (AvgIpc) is 2.91. The van der Waals surface area contributed by atoms with E-state index in [2.05, 4.69) is 34.6 Å². The Balaban J connectivity index is 1.92. The molecule has 4 rings (SSSR count). The Morgan fingerprint density at radius 2 is 1.77 bits per heavy atom. The maximum Gasteiger partial charge on any atom is 0.331 e. The van der Waals surface area contributed by atoms with Gasteiger partial charge < -0.3 is 14.6 Å². The van der Waals surface area contributed by atoms with Gasteiger partial charge in [-0.25, -0.2) is 4.79 Å². The molecule has 7 atom stereocenters. The molecule has 7 heteroatoms. The molecule has 0 aromatic carbocycles. The molecule has 2 saturated carbocycles. The van der Waals surface area contributed by atoms with Crippen LogP contribution in [-0.2, 0) is 19.1 Å². The predicted octanol–water partition coefficient (Wildman–Crippen LogP) is 4.18. The van der Waals surface area contributed by atoms with E-state index in [0.717, 1.165) is 24.8 Å². The maximum absolute atomic E-state index is 13.0. The molecule has 168 valence electrons. The highest BCUT2D eigenvalue weighted by molar-refractivity contribution is 8.01. The van der Waals surface area contributed by atoms with Crippen molar-refractivity contribution in [3.8, 4) is 0 Å². The van der Waals surface area contributed by atoms with Crippen molar-refractivity contribution in [3.63, 3.8) is 0 Å². The lowest BCUT2D eigenvalue weighted by molar-refractivity contribution is -0.175. The Hall–Kier alpha value is -0.660. The van der Waals surface area contributed by atoms with E-state index in [9.17, 15) is 14.7 Å². The second-order valence-electron chi connectivity index (χ2n) is 10.4. The van der Waals surface area contributed by atoms with Gasteiger partial charge in [0.15, 0.2) is 5.44 Å². The van der Waals surface area contributed by atoms with Crippen LogP contribution in [0.2, 0.25) is 0 Å². The van der Waals surface area contributed by atoms with E-state index in [1.54, 1.807) is 29.6 Å². The first-order valence-electron chi connectivity index (χ1n) is 11.1. The molecular formula is C23H34O5S2. The van der Waals surface area contributed by atoms with E-state index >= 15 is 0 Å². The summed E-state index contributed by atoms with van der Waals surface area (Å²) < 4.78 is 11.8. The van der Waals surface area contributed by atoms with Crippen LogP contribution in [0, 0.1) is 22.2 Å². The lowest BCUT2D eigenvalue weighted by atomic mass is 9.44. The van der Waals surface area contributed by atoms with Crippen molar-refractivity contribution in [2.24, 2.45) is 22.2 Å². The highest BCUT2D eigenvalue weighted by Gasteiger charge is 2.74. The molecule has 0 radical (unpaired) electrons. The molecule has 30 heavy (non-hydrogen) atoms. The second kappa shape index (κ2) is 7.45. The summed E-state index contributed by atoms with van der Waals surface area (Å²) in [5.74, 6) is -0.0331. The molecule has 3 fully saturated rings. The number of cyclic esters (lactones) is 1. The van der Waals surface area contributed by atoms with Crippen LogP contribution in [-0.4, -0.2) is 50.9 Å². The largest absolute Gasteiger partial charge is 0.459 e. The van der Waals surface area contributed by atoms with Gasteiger partial charge in [-0.1, -0.05) is 41.0 Å². The van der Waals surface area contributed by atoms with E-state index in [1.807, 2.05) is 6.92 Å². The Morgan fingerprint density at radius 3 is 2.40 bits per heavy atom. The zero-order chi connectivity index (χ0) is 22.1. The van der Waals surface area contributed by atoms with Crippen LogP contribution in [0.15, 0.2) is 11.6 Å². The number of esters is 2. The van der Waals surface area contributed by atoms with Gasteiger partial charge in [-0.3, -0.25) is 4.79 Å². The summed E-state index contributed by atoms with van der Waals surface area (Å²) in [7, 11) is 0. The van der Waals surface area contributed by atoms with Gasteiger partial charge in [-0.2, -0.15) is 11.8 Å². The van der Waals surface area contributed by atoms with Gasteiger partial charge in [0.2, 0.25) is 0 Å². The van der Waals surface area contributed by atoms with Crippen molar-refractivity contribution in [1.82, 2.24) is 0 Å². The standard InChI is InChI=1S/C23H34O5S2/c1-12(2)29-11-23-14(10-15(24)27-20(23)30-13(3)4)21(5)8-7-9-22(6)17(21)16(18(23)25)28-19(22)26/h10,12-13,16-18,20,25H,7-9,11H2,1-6H3/t16-,17+,18+,20?,21+,22-,23?/m0/s1. The lowest BCUT2D eigenvalue weighted by Crippen LogP contribution is -2.67. The molecule has 0 spiro atoms. The number of rotatable bonds is 5. The van der Waals surface area contributed by atoms with Gasteiger partial charge >= 0.3 is 11.9 Å². The van der Waals surface area contributed by atoms with Crippen LogP contribution in [0.4, 0.5) is 0 Å². The monoisotopic (exact) mass is 454 g/mol. The molecular weight excluding hydrogens is 420 g/mol. The quantitative estimate of drug-likeness (QED) is 0.625. The third-order valence-electron chi connectivity index (χ3n) is 7.72. The topological polar surface area (TPSA) is 72.8 Å². The van der Waals surface area contributed by atoms with Crippen molar-refractivity contribution in [3.05, 3.63) is 11.6 Å². The Morgan fingerprint density at radius 1 is 1.10 bits per heavy atom. The Bertz CT molecular complexity index is 780. The van der Waals surface area contributed by atoms with Crippen LogP contribution in [0.1, 0.15) is 60.8 Å². The third kappa shape index (κ3) is 3.01. The smallest absolute Gasteiger partial charge is 0.331 e. The average molecular weight is 455 g/mol. The summed E-state index contributed by atoms with van der Waals surface area (Å²) in [6.07, 6.45) is 2.74. The van der Waals surface area contributed by atoms with Crippen LogP contribution >= 0.6 is 23.5 Å². The normalized spacial score (nSPS) is 45.0. The first-order chi connectivity index (χ1) is 14.0. The van der Waals surface area contributed by atoms with Crippen molar-refractivity contribution >= 4 is 35.5 Å². The maximum atomic E-state index is 13.0. The van der Waals surface area contributed by atoms with E-state index in [4.69, 9.17) is 9.47 Å². The molecule has 0 aromatic heterocycles. The van der Waals surface area contributed by atoms with E-state index < -0.39 is 28.5 Å². The number of aliphatic hydroxyl groups excluding tert-OH is 1. The van der Waals surface area contributed by atoms with Gasteiger partial charge in [0.05, 0.1) is 10.8 Å². The van der Waals surface area contributed by atoms with Gasteiger partial charge in [0.1, 0.15) is 12.2 Å². The van der Waals surface area contributed by atoms with Gasteiger partial charge in [0, 0.05) is 23.0 Å². The minimum absolute atomic E-state index is 0.125. The van der Waals surface area contributed by atoms with E-state index in [-0.39, 0.29) is 28.5 Å². The van der Waals surface area contributed by atoms with Gasteiger partial charge in [0.25, 0.3) is 0 Å². The first-order valence-corrected chi connectivity index (χ1v) is 13.1. The number of aliphatic hydroxyl groups is 1. The highest BCUT2D eigenvalue weighted by atomic mass is 32.2. The fraction of sp³-hybridized carbons (Fsp3) is 0.826. The summed E-state index contributed by atoms with van der Waals surface area (Å²) in [6, 6.07) is 0. The number of carbonyl (C=O) groups excluding carboxylic acids is 2. The number of thioether (sulfide) groups is 2. The summed E-state index contributed by atoms with van der Waals surface area (Å²) >= 11 is 3.35. The molecule has 0 amide bonds. The third-order valence-corrected chi connectivity index (χ3v) is 10.3. The SMILES string of the molecule is CC(C)SCC12C(=CC(=O)OC1SC(C)C)[C@@]1(C)CCC[C@]3(C)C(=O)O[C@@H]([C@@H]31)[C@H]2O. The fourth-order valence-corrected chi connectivity index (χ4v) is 8.94. The molecule has 1 saturated heterocycles. The molecule has 2 aliphatic heterocycles. The number of hydrogen-bond donors (Lipinski definition) is 1. The molecule has 0 aromatic rings. The van der Waals surface area contributed by atoms with Crippen LogP contribution in [0.5, 0.6) is 0 Å². The Labute approximate surface area is 188 Å². The van der Waals surface area contributed by atoms with E-state index in [0.29, 0.717) is 11.0 Å². The van der Waals surface area contributed by atoms with E-state index in [1.165, 1.54) is 0 Å². The van der Waals surface area contributed by atoms with Gasteiger partial charge in [-0.05, 0) is 36.0 Å². The zero-order valence-electron chi connectivity index (χ0n) is 18.8. The molecule has 2 heterocycles. The number of fused-ring (bicyclic) bond motifs is 2. The lowest BCUT2D eigenvalue weighted by Gasteiger charge is -2.62. The second-order valence-corrected chi connectivity index (χ2v) is 13.6. The molecule has 4 aliphatic rings. The van der Waals surface area contributed by atoms with Crippen LogP contribution in [0.3, 0.4) is 0 Å². The highest BCUT2D eigenvalue weighted by Crippen LogP contribution is 2.70. The van der Waals surface area contributed by atoms with Crippen molar-refractivity contribution in [2.75, 3.05) is 5.75 Å². The van der Waals surface area contributed by atoms with Crippen LogP contribution in [0.25, 0.3) is 0 Å². The molecule has 2 aliphatic carbocycles. The van der Waals surface area contributed by atoms with Crippen LogP contribution < -0.4 is 0 Å². The predicted molar refractivity (Wildman–Crippen MR) is 120 cm³/mol. The Kier molecular flexibility index (Phi) is 5.59. The van der Waals surface area contributed by atoms with Gasteiger partial charge in [-0.15, -0.1) is 11.8 Å². The summed E-state index contributed by atoms with van der Waals surface area (Å²) in [5.41, 5.74) is -1.28. The number of hydrogen-bond acceptors (Lipinski definition) is 7. The minimum atomic E-state index is -0.902. The molecule has 5 nitrogen and oxygen atoms in total. The van der Waals surface area contributed by atoms with Crippen molar-refractivity contribution < 1.29 is 24.2 Å². The summed E-state index contributed by atoms with van der Waals surface area (Å²) in [6.45, 7) is 12.6. The van der Waals surface area contributed by atoms with Crippen molar-refractivity contribution in [2.45, 2.75) is 88.9 Å². The molecule has 2 unspecified atom stereocenters. The first kappa shape index (κ1) is 22.5. The summed E-state index contributed by atoms with van der Waals surface area (Å²) in [4.78, 5) is 25.7. The minimum Gasteiger partial charge on any atom is -0.459 e. The zero-order valence-corrected chi connectivity index (χ0v) is 20.4. The summed E-state index contributed by atoms with van der Waals surface area (Å²) in [5, 5.41) is 12.5. The number of carbonyl (C=O) groups is 2. The van der Waals surface area contributed by atoms with Crippen molar-refractivity contribution in [1.29, 1.82) is 0 Å².